The zero-order chi connectivity index (χ0) is 10.5. The van der Waals surface area contributed by atoms with Crippen molar-refractivity contribution in [1.82, 2.24) is 9.88 Å². The second kappa shape index (κ2) is 5.47. The van der Waals surface area contributed by atoms with Crippen molar-refractivity contribution in [2.45, 2.75) is 26.2 Å². The molecule has 1 aliphatic heterocycles. The van der Waals surface area contributed by atoms with E-state index in [1.165, 1.54) is 38.9 Å². The van der Waals surface area contributed by atoms with Crippen LogP contribution in [0.1, 0.15) is 25.0 Å². The molecular weight excluding hydrogens is 206 g/mol. The summed E-state index contributed by atoms with van der Waals surface area (Å²) < 4.78 is 0. The summed E-state index contributed by atoms with van der Waals surface area (Å²) in [7, 11) is 0. The highest BCUT2D eigenvalue weighted by atomic mass is 32.1. The summed E-state index contributed by atoms with van der Waals surface area (Å²) in [6, 6.07) is 0. The van der Waals surface area contributed by atoms with Crippen molar-refractivity contribution in [3.05, 3.63) is 11.1 Å². The maximum atomic E-state index is 4.37. The molecule has 0 unspecified atom stereocenters. The van der Waals surface area contributed by atoms with E-state index in [4.69, 9.17) is 0 Å². The Hall–Kier alpha value is -0.610. The van der Waals surface area contributed by atoms with Gasteiger partial charge in [-0.15, -0.1) is 11.3 Å². The van der Waals surface area contributed by atoms with Crippen LogP contribution in [0.2, 0.25) is 0 Å². The summed E-state index contributed by atoms with van der Waals surface area (Å²) in [5.41, 5.74) is 1.11. The van der Waals surface area contributed by atoms with Gasteiger partial charge in [0, 0.05) is 11.9 Å². The molecule has 4 heteroatoms. The van der Waals surface area contributed by atoms with Gasteiger partial charge in [-0.25, -0.2) is 4.98 Å². The minimum absolute atomic E-state index is 1.05. The molecule has 1 aromatic heterocycles. The van der Waals surface area contributed by atoms with E-state index < -0.39 is 0 Å². The molecule has 0 aliphatic carbocycles. The van der Waals surface area contributed by atoms with Crippen LogP contribution >= 0.6 is 11.3 Å². The first kappa shape index (κ1) is 10.9. The molecule has 0 radical (unpaired) electrons. The maximum Gasteiger partial charge on any atom is 0.182 e. The number of likely N-dealkylation sites (tertiary alicyclic amines) is 1. The molecule has 0 amide bonds. The summed E-state index contributed by atoms with van der Waals surface area (Å²) >= 11 is 1.70. The third-order valence-electron chi connectivity index (χ3n) is 2.75. The van der Waals surface area contributed by atoms with Crippen LogP contribution in [0.4, 0.5) is 5.13 Å². The molecule has 1 saturated heterocycles. The molecule has 0 spiro atoms. The topological polar surface area (TPSA) is 28.2 Å². The molecule has 3 nitrogen and oxygen atoms in total. The number of nitrogens with one attached hydrogen (secondary N) is 1. The van der Waals surface area contributed by atoms with Gasteiger partial charge in [-0.05, 0) is 45.8 Å². The minimum atomic E-state index is 1.05. The molecule has 1 fully saturated rings. The Labute approximate surface area is 95.5 Å². The maximum absolute atomic E-state index is 4.37. The molecule has 2 rings (SSSR count). The standard InChI is InChI=1S/C11H19N3S/c1-10-9-15-11(13-10)12-5-4-8-14-6-2-3-7-14/h9H,2-8H2,1H3,(H,12,13). The predicted molar refractivity (Wildman–Crippen MR) is 65.6 cm³/mol. The molecule has 1 aromatic rings. The normalized spacial score (nSPS) is 17.1. The van der Waals surface area contributed by atoms with Crippen LogP contribution in [0, 0.1) is 6.92 Å². The highest BCUT2D eigenvalue weighted by Gasteiger charge is 2.09. The van der Waals surface area contributed by atoms with Gasteiger partial charge in [-0.3, -0.25) is 0 Å². The molecule has 0 aromatic carbocycles. The Morgan fingerprint density at radius 3 is 2.93 bits per heavy atom. The summed E-state index contributed by atoms with van der Waals surface area (Å²) in [4.78, 5) is 6.92. The highest BCUT2D eigenvalue weighted by molar-refractivity contribution is 7.13. The number of rotatable bonds is 5. The van der Waals surface area contributed by atoms with Crippen LogP contribution in [-0.2, 0) is 0 Å². The lowest BCUT2D eigenvalue weighted by atomic mass is 10.4. The third kappa shape index (κ3) is 3.47. The fourth-order valence-corrected chi connectivity index (χ4v) is 2.66. The number of anilines is 1. The lowest BCUT2D eigenvalue weighted by Gasteiger charge is -2.13. The number of nitrogens with zero attached hydrogens (tertiary/aromatic N) is 2. The first-order chi connectivity index (χ1) is 7.34. The first-order valence-electron chi connectivity index (χ1n) is 5.73. The van der Waals surface area contributed by atoms with Gasteiger partial charge in [0.15, 0.2) is 5.13 Å². The van der Waals surface area contributed by atoms with Crippen molar-refractivity contribution in [3.8, 4) is 0 Å². The second-order valence-corrected chi connectivity index (χ2v) is 4.98. The molecule has 84 valence electrons. The average Bonchev–Trinajstić information content (AvgIpc) is 2.84. The zero-order valence-electron chi connectivity index (χ0n) is 9.33. The SMILES string of the molecule is Cc1csc(NCCCN2CCCC2)n1. The smallest absolute Gasteiger partial charge is 0.182 e. The molecular formula is C11H19N3S. The van der Waals surface area contributed by atoms with Gasteiger partial charge in [-0.2, -0.15) is 0 Å². The van der Waals surface area contributed by atoms with Crippen molar-refractivity contribution < 1.29 is 0 Å². The van der Waals surface area contributed by atoms with E-state index in [2.05, 4.69) is 20.6 Å². The Kier molecular flexibility index (Phi) is 3.97. The third-order valence-corrected chi connectivity index (χ3v) is 3.66. The molecule has 2 heterocycles. The van der Waals surface area contributed by atoms with Crippen molar-refractivity contribution in [2.24, 2.45) is 0 Å². The minimum Gasteiger partial charge on any atom is -0.361 e. The number of aromatic nitrogens is 1. The van der Waals surface area contributed by atoms with Gasteiger partial charge in [0.25, 0.3) is 0 Å². The van der Waals surface area contributed by atoms with E-state index in [-0.39, 0.29) is 0 Å². The van der Waals surface area contributed by atoms with Crippen LogP contribution < -0.4 is 5.32 Å². The monoisotopic (exact) mass is 225 g/mol. The Morgan fingerprint density at radius 2 is 2.27 bits per heavy atom. The van der Waals surface area contributed by atoms with Crippen LogP contribution in [0.15, 0.2) is 5.38 Å². The second-order valence-electron chi connectivity index (χ2n) is 4.12. The van der Waals surface area contributed by atoms with E-state index in [9.17, 15) is 0 Å². The van der Waals surface area contributed by atoms with Gasteiger partial charge < -0.3 is 10.2 Å². The van der Waals surface area contributed by atoms with Crippen LogP contribution in [0.3, 0.4) is 0 Å². The number of hydrogen-bond donors (Lipinski definition) is 1. The number of hydrogen-bond acceptors (Lipinski definition) is 4. The van der Waals surface area contributed by atoms with Gasteiger partial charge in [0.1, 0.15) is 0 Å². The molecule has 1 aliphatic rings. The van der Waals surface area contributed by atoms with E-state index in [1.54, 1.807) is 11.3 Å². The van der Waals surface area contributed by atoms with E-state index in [0.717, 1.165) is 17.4 Å². The van der Waals surface area contributed by atoms with Gasteiger partial charge in [0.2, 0.25) is 0 Å². The largest absolute Gasteiger partial charge is 0.361 e. The lowest BCUT2D eigenvalue weighted by molar-refractivity contribution is 0.337. The Balaban J connectivity index is 1.58. The zero-order valence-corrected chi connectivity index (χ0v) is 10.1. The first-order valence-corrected chi connectivity index (χ1v) is 6.61. The highest BCUT2D eigenvalue weighted by Crippen LogP contribution is 2.14. The van der Waals surface area contributed by atoms with Crippen LogP contribution in [-0.4, -0.2) is 36.1 Å². The van der Waals surface area contributed by atoms with Crippen molar-refractivity contribution >= 4 is 16.5 Å². The van der Waals surface area contributed by atoms with Crippen LogP contribution in [0.25, 0.3) is 0 Å². The molecule has 0 atom stereocenters. The summed E-state index contributed by atoms with van der Waals surface area (Å²) in [6.45, 7) is 6.92. The Bertz CT molecular complexity index is 292. The van der Waals surface area contributed by atoms with Gasteiger partial charge in [-0.1, -0.05) is 0 Å². The quantitative estimate of drug-likeness (QED) is 0.780. The summed E-state index contributed by atoms with van der Waals surface area (Å²) in [5.74, 6) is 0. The van der Waals surface area contributed by atoms with E-state index >= 15 is 0 Å². The van der Waals surface area contributed by atoms with Crippen molar-refractivity contribution in [1.29, 1.82) is 0 Å². The van der Waals surface area contributed by atoms with Crippen LogP contribution in [0.5, 0.6) is 0 Å². The number of thiazole rings is 1. The fourth-order valence-electron chi connectivity index (χ4n) is 1.94. The van der Waals surface area contributed by atoms with Gasteiger partial charge >= 0.3 is 0 Å². The molecule has 15 heavy (non-hydrogen) atoms. The van der Waals surface area contributed by atoms with E-state index in [1.807, 2.05) is 6.92 Å². The average molecular weight is 225 g/mol. The molecule has 0 bridgehead atoms. The van der Waals surface area contributed by atoms with Crippen molar-refractivity contribution in [2.75, 3.05) is 31.5 Å². The van der Waals surface area contributed by atoms with Crippen molar-refractivity contribution in [3.63, 3.8) is 0 Å². The Morgan fingerprint density at radius 1 is 1.47 bits per heavy atom. The lowest BCUT2D eigenvalue weighted by Crippen LogP contribution is -2.22. The summed E-state index contributed by atoms with van der Waals surface area (Å²) in [6.07, 6.45) is 4.00. The number of aryl methyl sites for hydroxylation is 1. The molecule has 0 saturated carbocycles. The molecule has 1 N–H and O–H groups in total. The fraction of sp³-hybridized carbons (Fsp3) is 0.727. The van der Waals surface area contributed by atoms with E-state index in [0.29, 0.717) is 0 Å². The van der Waals surface area contributed by atoms with Gasteiger partial charge in [0.05, 0.1) is 5.69 Å². The summed E-state index contributed by atoms with van der Waals surface area (Å²) in [5, 5.41) is 6.52. The predicted octanol–water partition coefficient (Wildman–Crippen LogP) is 2.35.